The van der Waals surface area contributed by atoms with Crippen LogP contribution in [0.25, 0.3) is 0 Å². The Kier molecular flexibility index (Phi) is 5.56. The molecule has 0 radical (unpaired) electrons. The van der Waals surface area contributed by atoms with Crippen molar-refractivity contribution in [3.8, 4) is 0 Å². The number of thioether (sulfide) groups is 1. The Morgan fingerprint density at radius 3 is 3.00 bits per heavy atom. The van der Waals surface area contributed by atoms with Gasteiger partial charge >= 0.3 is 0 Å². The molecule has 1 aromatic heterocycles. The highest BCUT2D eigenvalue weighted by atomic mass is 32.2. The molecule has 1 unspecified atom stereocenters. The number of nitrogens with one attached hydrogen (secondary N) is 1. The van der Waals surface area contributed by atoms with E-state index >= 15 is 0 Å². The van der Waals surface area contributed by atoms with E-state index in [1.54, 1.807) is 18.6 Å². The molecule has 1 rings (SSSR count). The number of hydrogen-bond acceptors (Lipinski definition) is 4. The van der Waals surface area contributed by atoms with Crippen molar-refractivity contribution in [3.05, 3.63) is 24.3 Å². The van der Waals surface area contributed by atoms with Crippen LogP contribution in [0.2, 0.25) is 0 Å². The van der Waals surface area contributed by atoms with E-state index in [1.165, 1.54) is 12.2 Å². The Labute approximate surface area is 89.7 Å². The predicted octanol–water partition coefficient (Wildman–Crippen LogP) is 1.71. The van der Waals surface area contributed by atoms with Gasteiger partial charge < -0.3 is 5.32 Å². The van der Waals surface area contributed by atoms with Gasteiger partial charge in [0.15, 0.2) is 0 Å². The molecule has 1 atom stereocenters. The third-order valence-corrected chi connectivity index (χ3v) is 2.65. The SMILES string of the molecule is CSCCC(C)NCc1cnccn1. The molecule has 14 heavy (non-hydrogen) atoms. The summed E-state index contributed by atoms with van der Waals surface area (Å²) in [4.78, 5) is 8.22. The second kappa shape index (κ2) is 6.79. The van der Waals surface area contributed by atoms with Gasteiger partial charge in [0.25, 0.3) is 0 Å². The van der Waals surface area contributed by atoms with E-state index in [4.69, 9.17) is 0 Å². The molecule has 3 nitrogen and oxygen atoms in total. The first kappa shape index (κ1) is 11.5. The molecule has 0 spiro atoms. The van der Waals surface area contributed by atoms with Gasteiger partial charge in [-0.25, -0.2) is 0 Å². The van der Waals surface area contributed by atoms with Crippen molar-refractivity contribution >= 4 is 11.8 Å². The first-order chi connectivity index (χ1) is 6.83. The lowest BCUT2D eigenvalue weighted by atomic mass is 10.2. The second-order valence-electron chi connectivity index (χ2n) is 3.26. The van der Waals surface area contributed by atoms with E-state index in [-0.39, 0.29) is 0 Å². The predicted molar refractivity (Wildman–Crippen MR) is 61.3 cm³/mol. The summed E-state index contributed by atoms with van der Waals surface area (Å²) in [5.74, 6) is 1.20. The molecule has 0 amide bonds. The Morgan fingerprint density at radius 2 is 2.36 bits per heavy atom. The zero-order valence-electron chi connectivity index (χ0n) is 8.73. The highest BCUT2D eigenvalue weighted by molar-refractivity contribution is 7.98. The Balaban J connectivity index is 2.20. The van der Waals surface area contributed by atoms with Crippen molar-refractivity contribution < 1.29 is 0 Å². The lowest BCUT2D eigenvalue weighted by Crippen LogP contribution is -2.26. The van der Waals surface area contributed by atoms with Gasteiger partial charge in [0.05, 0.1) is 5.69 Å². The van der Waals surface area contributed by atoms with Crippen LogP contribution in [-0.4, -0.2) is 28.0 Å². The average molecular weight is 211 g/mol. The van der Waals surface area contributed by atoms with Crippen LogP contribution >= 0.6 is 11.8 Å². The molecular formula is C10H17N3S. The van der Waals surface area contributed by atoms with Gasteiger partial charge in [-0.2, -0.15) is 11.8 Å². The van der Waals surface area contributed by atoms with Crippen LogP contribution in [0.1, 0.15) is 19.0 Å². The van der Waals surface area contributed by atoms with Crippen LogP contribution in [0.5, 0.6) is 0 Å². The summed E-state index contributed by atoms with van der Waals surface area (Å²) in [5, 5.41) is 3.42. The maximum Gasteiger partial charge on any atom is 0.0724 e. The fourth-order valence-corrected chi connectivity index (χ4v) is 1.69. The van der Waals surface area contributed by atoms with Gasteiger partial charge in [-0.1, -0.05) is 0 Å². The number of aromatic nitrogens is 2. The summed E-state index contributed by atoms with van der Waals surface area (Å²) in [6.07, 6.45) is 8.55. The number of rotatable bonds is 6. The molecular weight excluding hydrogens is 194 g/mol. The second-order valence-corrected chi connectivity index (χ2v) is 4.25. The van der Waals surface area contributed by atoms with Crippen molar-refractivity contribution in [2.75, 3.05) is 12.0 Å². The van der Waals surface area contributed by atoms with Crippen LogP contribution in [0.15, 0.2) is 18.6 Å². The largest absolute Gasteiger partial charge is 0.309 e. The third-order valence-electron chi connectivity index (χ3n) is 2.00. The maximum absolute atomic E-state index is 4.20. The van der Waals surface area contributed by atoms with E-state index in [0.29, 0.717) is 6.04 Å². The molecule has 78 valence electrons. The number of hydrogen-bond donors (Lipinski definition) is 1. The topological polar surface area (TPSA) is 37.8 Å². The summed E-state index contributed by atoms with van der Waals surface area (Å²) in [6, 6.07) is 0.546. The quantitative estimate of drug-likeness (QED) is 0.777. The fraction of sp³-hybridized carbons (Fsp3) is 0.600. The van der Waals surface area contributed by atoms with Gasteiger partial charge in [0.1, 0.15) is 0 Å². The van der Waals surface area contributed by atoms with Crippen LogP contribution in [-0.2, 0) is 6.54 Å². The molecule has 0 aliphatic carbocycles. The van der Waals surface area contributed by atoms with Crippen LogP contribution in [0.4, 0.5) is 0 Å². The normalized spacial score (nSPS) is 12.7. The molecule has 0 bridgehead atoms. The summed E-state index contributed by atoms with van der Waals surface area (Å²) >= 11 is 1.88. The van der Waals surface area contributed by atoms with E-state index < -0.39 is 0 Å². The zero-order chi connectivity index (χ0) is 10.2. The standard InChI is InChI=1S/C10H17N3S/c1-9(3-6-14-2)13-8-10-7-11-4-5-12-10/h4-5,7,9,13H,3,6,8H2,1-2H3. The summed E-state index contributed by atoms with van der Waals surface area (Å²) in [6.45, 7) is 3.01. The van der Waals surface area contributed by atoms with Crippen molar-refractivity contribution in [1.82, 2.24) is 15.3 Å². The minimum atomic E-state index is 0.546. The van der Waals surface area contributed by atoms with E-state index in [1.807, 2.05) is 11.8 Å². The van der Waals surface area contributed by atoms with Gasteiger partial charge in [0.2, 0.25) is 0 Å². The van der Waals surface area contributed by atoms with Crippen molar-refractivity contribution in [3.63, 3.8) is 0 Å². The summed E-state index contributed by atoms with van der Waals surface area (Å²) in [5.41, 5.74) is 1.00. The van der Waals surface area contributed by atoms with Gasteiger partial charge in [-0.15, -0.1) is 0 Å². The van der Waals surface area contributed by atoms with Crippen molar-refractivity contribution in [2.24, 2.45) is 0 Å². The summed E-state index contributed by atoms with van der Waals surface area (Å²) in [7, 11) is 0. The monoisotopic (exact) mass is 211 g/mol. The highest BCUT2D eigenvalue weighted by Gasteiger charge is 2.00. The lowest BCUT2D eigenvalue weighted by Gasteiger charge is -2.12. The van der Waals surface area contributed by atoms with Gasteiger partial charge in [-0.3, -0.25) is 9.97 Å². The summed E-state index contributed by atoms with van der Waals surface area (Å²) < 4.78 is 0. The minimum Gasteiger partial charge on any atom is -0.309 e. The molecule has 0 fully saturated rings. The Bertz CT molecular complexity index is 240. The van der Waals surface area contributed by atoms with Crippen molar-refractivity contribution in [2.45, 2.75) is 25.9 Å². The van der Waals surface area contributed by atoms with E-state index in [0.717, 1.165) is 12.2 Å². The van der Waals surface area contributed by atoms with Gasteiger partial charge in [-0.05, 0) is 25.4 Å². The van der Waals surface area contributed by atoms with Crippen LogP contribution in [0, 0.1) is 0 Å². The van der Waals surface area contributed by atoms with Gasteiger partial charge in [0, 0.05) is 31.2 Å². The minimum absolute atomic E-state index is 0.546. The van der Waals surface area contributed by atoms with E-state index in [2.05, 4.69) is 28.5 Å². The van der Waals surface area contributed by atoms with Crippen LogP contribution in [0.3, 0.4) is 0 Å². The third kappa shape index (κ3) is 4.58. The molecule has 0 aromatic carbocycles. The smallest absolute Gasteiger partial charge is 0.0724 e. The zero-order valence-corrected chi connectivity index (χ0v) is 9.55. The van der Waals surface area contributed by atoms with E-state index in [9.17, 15) is 0 Å². The highest BCUT2D eigenvalue weighted by Crippen LogP contribution is 2.00. The number of nitrogens with zero attached hydrogens (tertiary/aromatic N) is 2. The van der Waals surface area contributed by atoms with Crippen LogP contribution < -0.4 is 5.32 Å². The molecule has 0 aliphatic rings. The van der Waals surface area contributed by atoms with Crippen molar-refractivity contribution in [1.29, 1.82) is 0 Å². The molecule has 0 saturated carbocycles. The maximum atomic E-state index is 4.20. The average Bonchev–Trinajstić information content (AvgIpc) is 2.25. The lowest BCUT2D eigenvalue weighted by molar-refractivity contribution is 0.531. The first-order valence-corrected chi connectivity index (χ1v) is 6.19. The molecule has 4 heteroatoms. The fourth-order valence-electron chi connectivity index (χ4n) is 1.10. The molecule has 0 saturated heterocycles. The molecule has 1 heterocycles. The Hall–Kier alpha value is -0.610. The molecule has 1 aromatic rings. The molecule has 1 N–H and O–H groups in total. The molecule has 0 aliphatic heterocycles. The first-order valence-electron chi connectivity index (χ1n) is 4.80. The Morgan fingerprint density at radius 1 is 1.50 bits per heavy atom.